The molecule has 1 aromatic heterocycles. The SMILES string of the molecule is CC(C)NC(=O)CN(C)C(=O)c1nc(C(=O)O)cs1. The van der Waals surface area contributed by atoms with Crippen molar-refractivity contribution >= 4 is 29.1 Å². The fourth-order valence-corrected chi connectivity index (χ4v) is 2.07. The highest BCUT2D eigenvalue weighted by Gasteiger charge is 2.20. The lowest BCUT2D eigenvalue weighted by Crippen LogP contribution is -2.40. The van der Waals surface area contributed by atoms with Gasteiger partial charge < -0.3 is 15.3 Å². The summed E-state index contributed by atoms with van der Waals surface area (Å²) in [5.41, 5.74) is -0.173. The second kappa shape index (κ2) is 6.28. The van der Waals surface area contributed by atoms with Gasteiger partial charge >= 0.3 is 5.97 Å². The fourth-order valence-electron chi connectivity index (χ4n) is 1.29. The lowest BCUT2D eigenvalue weighted by Gasteiger charge is -2.16. The Bertz CT molecular complexity index is 498. The zero-order valence-corrected chi connectivity index (χ0v) is 11.7. The number of nitrogens with zero attached hydrogens (tertiary/aromatic N) is 2. The molecule has 0 bridgehead atoms. The van der Waals surface area contributed by atoms with E-state index in [1.54, 1.807) is 0 Å². The highest BCUT2D eigenvalue weighted by atomic mass is 32.1. The van der Waals surface area contributed by atoms with E-state index in [1.807, 2.05) is 13.8 Å². The molecule has 0 saturated heterocycles. The van der Waals surface area contributed by atoms with Gasteiger partial charge in [-0.2, -0.15) is 0 Å². The van der Waals surface area contributed by atoms with E-state index in [0.717, 1.165) is 11.3 Å². The predicted octanol–water partition coefficient (Wildman–Crippen LogP) is 0.438. The van der Waals surface area contributed by atoms with Crippen LogP contribution in [0.4, 0.5) is 0 Å². The van der Waals surface area contributed by atoms with E-state index in [-0.39, 0.29) is 29.2 Å². The van der Waals surface area contributed by atoms with E-state index in [2.05, 4.69) is 10.3 Å². The van der Waals surface area contributed by atoms with E-state index in [9.17, 15) is 14.4 Å². The Morgan fingerprint density at radius 2 is 2.11 bits per heavy atom. The molecule has 0 fully saturated rings. The van der Waals surface area contributed by atoms with Crippen LogP contribution in [0.1, 0.15) is 34.1 Å². The van der Waals surface area contributed by atoms with Gasteiger partial charge in [0.1, 0.15) is 0 Å². The Balaban J connectivity index is 2.66. The van der Waals surface area contributed by atoms with E-state index in [0.29, 0.717) is 0 Å². The first-order valence-corrected chi connectivity index (χ1v) is 6.43. The normalized spacial score (nSPS) is 10.3. The Labute approximate surface area is 114 Å². The molecule has 8 heteroatoms. The Morgan fingerprint density at radius 3 is 2.58 bits per heavy atom. The van der Waals surface area contributed by atoms with Crippen LogP contribution in [-0.2, 0) is 4.79 Å². The molecule has 1 rings (SSSR count). The molecule has 7 nitrogen and oxygen atoms in total. The third-order valence-corrected chi connectivity index (χ3v) is 2.91. The molecule has 2 amide bonds. The van der Waals surface area contributed by atoms with Crippen molar-refractivity contribution in [3.63, 3.8) is 0 Å². The second-order valence-corrected chi connectivity index (χ2v) is 5.08. The molecule has 104 valence electrons. The average Bonchev–Trinajstić information content (AvgIpc) is 2.75. The fraction of sp³-hybridized carbons (Fsp3) is 0.455. The Kier molecular flexibility index (Phi) is 4.99. The molecule has 1 heterocycles. The highest BCUT2D eigenvalue weighted by Crippen LogP contribution is 2.11. The molecular formula is C11H15N3O4S. The number of nitrogens with one attached hydrogen (secondary N) is 1. The first-order chi connectivity index (χ1) is 8.81. The molecule has 0 spiro atoms. The van der Waals surface area contributed by atoms with Gasteiger partial charge in [-0.3, -0.25) is 9.59 Å². The standard InChI is InChI=1S/C11H15N3O4S/c1-6(2)12-8(15)4-14(3)10(16)9-13-7(5-19-9)11(17)18/h5-6H,4H2,1-3H3,(H,12,15)(H,17,18). The van der Waals surface area contributed by atoms with Crippen LogP contribution >= 0.6 is 11.3 Å². The van der Waals surface area contributed by atoms with Gasteiger partial charge in [0.2, 0.25) is 5.91 Å². The number of thiazole rings is 1. The van der Waals surface area contributed by atoms with Gasteiger partial charge in [-0.15, -0.1) is 11.3 Å². The first kappa shape index (κ1) is 15.1. The third kappa shape index (κ3) is 4.32. The van der Waals surface area contributed by atoms with Crippen LogP contribution in [0.3, 0.4) is 0 Å². The summed E-state index contributed by atoms with van der Waals surface area (Å²) in [6.07, 6.45) is 0. The minimum absolute atomic E-state index is 0.00511. The Morgan fingerprint density at radius 1 is 1.47 bits per heavy atom. The third-order valence-electron chi connectivity index (χ3n) is 2.08. The molecule has 0 aliphatic heterocycles. The summed E-state index contributed by atoms with van der Waals surface area (Å²) in [4.78, 5) is 39.0. The summed E-state index contributed by atoms with van der Waals surface area (Å²) in [6, 6.07) is -0.00511. The van der Waals surface area contributed by atoms with E-state index >= 15 is 0 Å². The van der Waals surface area contributed by atoms with Gasteiger partial charge in [0.05, 0.1) is 6.54 Å². The van der Waals surface area contributed by atoms with Gasteiger partial charge in [0.15, 0.2) is 10.7 Å². The quantitative estimate of drug-likeness (QED) is 0.817. The van der Waals surface area contributed by atoms with Crippen molar-refractivity contribution in [3.8, 4) is 0 Å². The van der Waals surface area contributed by atoms with Crippen LogP contribution in [0.15, 0.2) is 5.38 Å². The van der Waals surface area contributed by atoms with Crippen molar-refractivity contribution in [2.75, 3.05) is 13.6 Å². The number of aromatic carboxylic acids is 1. The summed E-state index contributed by atoms with van der Waals surface area (Å²) in [5, 5.41) is 12.7. The van der Waals surface area contributed by atoms with Crippen LogP contribution in [0.25, 0.3) is 0 Å². The molecule has 0 atom stereocenters. The zero-order valence-electron chi connectivity index (χ0n) is 10.8. The maximum Gasteiger partial charge on any atom is 0.355 e. The minimum atomic E-state index is -1.18. The molecule has 19 heavy (non-hydrogen) atoms. The number of likely N-dealkylation sites (N-methyl/N-ethyl adjacent to an activating group) is 1. The molecule has 1 aromatic rings. The van der Waals surface area contributed by atoms with Crippen LogP contribution < -0.4 is 5.32 Å². The molecule has 0 aromatic carbocycles. The number of aromatic nitrogens is 1. The molecule has 2 N–H and O–H groups in total. The number of carbonyl (C=O) groups is 3. The summed E-state index contributed by atoms with van der Waals surface area (Å²) < 4.78 is 0. The number of hydrogen-bond donors (Lipinski definition) is 2. The number of carbonyl (C=O) groups excluding carboxylic acids is 2. The van der Waals surface area contributed by atoms with Crippen LogP contribution in [0.5, 0.6) is 0 Å². The van der Waals surface area contributed by atoms with Crippen molar-refractivity contribution < 1.29 is 19.5 Å². The summed E-state index contributed by atoms with van der Waals surface area (Å²) in [6.45, 7) is 3.54. The zero-order chi connectivity index (χ0) is 14.6. The maximum absolute atomic E-state index is 11.9. The van der Waals surface area contributed by atoms with Crippen molar-refractivity contribution in [1.29, 1.82) is 0 Å². The van der Waals surface area contributed by atoms with Crippen LogP contribution in [-0.4, -0.2) is 52.4 Å². The molecule has 0 aliphatic carbocycles. The van der Waals surface area contributed by atoms with Gasteiger partial charge in [-0.25, -0.2) is 9.78 Å². The van der Waals surface area contributed by atoms with E-state index < -0.39 is 11.9 Å². The summed E-state index contributed by atoms with van der Waals surface area (Å²) in [7, 11) is 1.46. The van der Waals surface area contributed by atoms with Crippen molar-refractivity contribution in [2.24, 2.45) is 0 Å². The lowest BCUT2D eigenvalue weighted by atomic mass is 10.4. The number of rotatable bonds is 5. The first-order valence-electron chi connectivity index (χ1n) is 5.55. The number of carboxylic acid groups (broad SMARTS) is 1. The average molecular weight is 285 g/mol. The summed E-state index contributed by atoms with van der Waals surface area (Å²) in [5.74, 6) is -1.94. The lowest BCUT2D eigenvalue weighted by molar-refractivity contribution is -0.122. The van der Waals surface area contributed by atoms with Gasteiger partial charge in [0.25, 0.3) is 5.91 Å². The van der Waals surface area contributed by atoms with E-state index in [1.165, 1.54) is 17.3 Å². The molecule has 0 radical (unpaired) electrons. The van der Waals surface area contributed by atoms with Gasteiger partial charge in [-0.1, -0.05) is 0 Å². The highest BCUT2D eigenvalue weighted by molar-refractivity contribution is 7.11. The van der Waals surface area contributed by atoms with Crippen LogP contribution in [0, 0.1) is 0 Å². The molecule has 0 unspecified atom stereocenters. The van der Waals surface area contributed by atoms with Crippen molar-refractivity contribution in [3.05, 3.63) is 16.1 Å². The number of carboxylic acids is 1. The van der Waals surface area contributed by atoms with Gasteiger partial charge in [-0.05, 0) is 13.8 Å². The summed E-state index contributed by atoms with van der Waals surface area (Å²) >= 11 is 0.940. The van der Waals surface area contributed by atoms with Crippen LogP contribution in [0.2, 0.25) is 0 Å². The van der Waals surface area contributed by atoms with Gasteiger partial charge in [0, 0.05) is 18.5 Å². The Hall–Kier alpha value is -1.96. The van der Waals surface area contributed by atoms with Crippen molar-refractivity contribution in [1.82, 2.24) is 15.2 Å². The molecule has 0 aliphatic rings. The largest absolute Gasteiger partial charge is 0.476 e. The minimum Gasteiger partial charge on any atom is -0.476 e. The molecular weight excluding hydrogens is 270 g/mol. The maximum atomic E-state index is 11.9. The van der Waals surface area contributed by atoms with Crippen molar-refractivity contribution in [2.45, 2.75) is 19.9 Å². The smallest absolute Gasteiger partial charge is 0.355 e. The monoisotopic (exact) mass is 285 g/mol. The number of amides is 2. The second-order valence-electron chi connectivity index (χ2n) is 4.23. The molecule has 0 saturated carbocycles. The van der Waals surface area contributed by atoms with E-state index in [4.69, 9.17) is 5.11 Å². The number of hydrogen-bond acceptors (Lipinski definition) is 5. The topological polar surface area (TPSA) is 99.6 Å². The predicted molar refractivity (Wildman–Crippen MR) is 69.3 cm³/mol.